The molecule has 2 aromatic rings. The van der Waals surface area contributed by atoms with Crippen molar-refractivity contribution in [1.82, 2.24) is 20.0 Å². The second-order valence-corrected chi connectivity index (χ2v) is 8.70. The van der Waals surface area contributed by atoms with E-state index in [-0.39, 0.29) is 18.1 Å². The van der Waals surface area contributed by atoms with Gasteiger partial charge in [0.2, 0.25) is 0 Å². The molecule has 6 heteroatoms. The van der Waals surface area contributed by atoms with E-state index in [0.717, 1.165) is 43.7 Å². The minimum absolute atomic E-state index is 0.0721. The first kappa shape index (κ1) is 20.1. The Kier molecular flexibility index (Phi) is 6.01. The fourth-order valence-corrected chi connectivity index (χ4v) is 4.74. The van der Waals surface area contributed by atoms with Crippen molar-refractivity contribution in [3.63, 3.8) is 0 Å². The van der Waals surface area contributed by atoms with Gasteiger partial charge in [-0.2, -0.15) is 5.10 Å². The Hall–Kier alpha value is -2.18. The summed E-state index contributed by atoms with van der Waals surface area (Å²) in [5, 5.41) is 7.37. The molecule has 2 atom stereocenters. The average molecular weight is 397 g/mol. The summed E-state index contributed by atoms with van der Waals surface area (Å²) in [6.07, 6.45) is 3.95. The van der Waals surface area contributed by atoms with Gasteiger partial charge in [0.05, 0.1) is 29.7 Å². The number of hydrogen-bond donors (Lipinski definition) is 1. The molecular formula is C23H32N4O2. The van der Waals surface area contributed by atoms with Gasteiger partial charge in [-0.15, -0.1) is 0 Å². The Morgan fingerprint density at radius 2 is 1.93 bits per heavy atom. The van der Waals surface area contributed by atoms with Crippen LogP contribution in [0.15, 0.2) is 30.5 Å². The van der Waals surface area contributed by atoms with Crippen LogP contribution in [0.1, 0.15) is 59.8 Å². The molecule has 156 valence electrons. The molecule has 2 fully saturated rings. The molecule has 2 unspecified atom stereocenters. The minimum atomic E-state index is 0.0721. The van der Waals surface area contributed by atoms with E-state index in [9.17, 15) is 4.79 Å². The van der Waals surface area contributed by atoms with Crippen molar-refractivity contribution < 1.29 is 9.53 Å². The van der Waals surface area contributed by atoms with E-state index in [1.165, 1.54) is 11.1 Å². The maximum absolute atomic E-state index is 13.2. The number of morpholine rings is 1. The molecule has 1 N–H and O–H groups in total. The van der Waals surface area contributed by atoms with Crippen molar-refractivity contribution in [3.8, 4) is 0 Å². The molecule has 2 aliphatic rings. The third-order valence-electron chi connectivity index (χ3n) is 6.09. The number of ether oxygens (including phenoxy) is 1. The summed E-state index contributed by atoms with van der Waals surface area (Å²) in [5.74, 6) is 0.444. The van der Waals surface area contributed by atoms with Crippen LogP contribution in [0.4, 0.5) is 0 Å². The van der Waals surface area contributed by atoms with Gasteiger partial charge in [0.1, 0.15) is 0 Å². The van der Waals surface area contributed by atoms with Gasteiger partial charge in [0.15, 0.2) is 0 Å². The number of amides is 1. The molecule has 1 aromatic heterocycles. The first-order valence-corrected chi connectivity index (χ1v) is 10.8. The van der Waals surface area contributed by atoms with Crippen molar-refractivity contribution >= 4 is 5.91 Å². The van der Waals surface area contributed by atoms with E-state index in [4.69, 9.17) is 4.74 Å². The summed E-state index contributed by atoms with van der Waals surface area (Å²) in [6.45, 7) is 10.5. The highest BCUT2D eigenvalue weighted by molar-refractivity contribution is 5.95. The zero-order valence-corrected chi connectivity index (χ0v) is 17.7. The maximum Gasteiger partial charge on any atom is 0.257 e. The predicted octanol–water partition coefficient (Wildman–Crippen LogP) is 3.35. The number of H-pyrrole nitrogens is 1. The number of carbonyl (C=O) groups excluding carboxylic acids is 1. The van der Waals surface area contributed by atoms with E-state index in [1.54, 1.807) is 6.20 Å². The topological polar surface area (TPSA) is 61.5 Å². The number of aryl methyl sites for hydroxylation is 1. The number of nitrogens with one attached hydrogen (secondary N) is 1. The summed E-state index contributed by atoms with van der Waals surface area (Å²) >= 11 is 0. The first-order chi connectivity index (χ1) is 14.0. The monoisotopic (exact) mass is 396 g/mol. The SMILES string of the molecule is Cc1cccc(CN2CCC(c3[nH]ncc3C(=O)N3CC(C)OC(C)C3)CC2)c1. The molecule has 3 heterocycles. The van der Waals surface area contributed by atoms with Crippen molar-refractivity contribution in [3.05, 3.63) is 52.8 Å². The van der Waals surface area contributed by atoms with Gasteiger partial charge in [-0.05, 0) is 52.3 Å². The molecule has 6 nitrogen and oxygen atoms in total. The number of nitrogens with zero attached hydrogens (tertiary/aromatic N) is 3. The van der Waals surface area contributed by atoms with Crippen LogP contribution in [0.3, 0.4) is 0 Å². The number of aromatic amines is 1. The molecule has 1 amide bonds. The Morgan fingerprint density at radius 1 is 1.21 bits per heavy atom. The summed E-state index contributed by atoms with van der Waals surface area (Å²) in [6, 6.07) is 8.74. The van der Waals surface area contributed by atoms with Crippen molar-refractivity contribution in [1.29, 1.82) is 0 Å². The lowest BCUT2D eigenvalue weighted by Gasteiger charge is -2.36. The van der Waals surface area contributed by atoms with Gasteiger partial charge < -0.3 is 9.64 Å². The molecule has 0 spiro atoms. The van der Waals surface area contributed by atoms with Crippen LogP contribution in [0.5, 0.6) is 0 Å². The second kappa shape index (κ2) is 8.67. The number of piperidine rings is 1. The Labute approximate surface area is 173 Å². The third kappa shape index (κ3) is 4.70. The zero-order valence-electron chi connectivity index (χ0n) is 17.7. The van der Waals surface area contributed by atoms with E-state index in [1.807, 2.05) is 18.7 Å². The van der Waals surface area contributed by atoms with Crippen LogP contribution in [0.2, 0.25) is 0 Å². The molecule has 29 heavy (non-hydrogen) atoms. The molecule has 2 saturated heterocycles. The summed E-state index contributed by atoms with van der Waals surface area (Å²) in [7, 11) is 0. The first-order valence-electron chi connectivity index (χ1n) is 10.8. The number of rotatable bonds is 4. The molecular weight excluding hydrogens is 364 g/mol. The van der Waals surface area contributed by atoms with Crippen LogP contribution in [0, 0.1) is 6.92 Å². The van der Waals surface area contributed by atoms with E-state index in [0.29, 0.717) is 19.0 Å². The Balaban J connectivity index is 1.38. The molecule has 0 bridgehead atoms. The molecule has 0 saturated carbocycles. The normalized spacial score (nSPS) is 24.0. The van der Waals surface area contributed by atoms with Crippen molar-refractivity contribution in [2.45, 2.75) is 58.3 Å². The van der Waals surface area contributed by atoms with Crippen molar-refractivity contribution in [2.24, 2.45) is 0 Å². The van der Waals surface area contributed by atoms with Gasteiger partial charge in [-0.3, -0.25) is 14.8 Å². The Bertz CT molecular complexity index is 831. The van der Waals surface area contributed by atoms with E-state index in [2.05, 4.69) is 46.3 Å². The van der Waals surface area contributed by atoms with Gasteiger partial charge in [-0.25, -0.2) is 0 Å². The summed E-state index contributed by atoms with van der Waals surface area (Å²) in [5.41, 5.74) is 4.43. The lowest BCUT2D eigenvalue weighted by atomic mass is 9.90. The number of likely N-dealkylation sites (tertiary alicyclic amines) is 1. The average Bonchev–Trinajstić information content (AvgIpc) is 3.17. The van der Waals surface area contributed by atoms with Gasteiger partial charge in [-0.1, -0.05) is 29.8 Å². The smallest absolute Gasteiger partial charge is 0.257 e. The van der Waals surface area contributed by atoms with Crippen LogP contribution in [0.25, 0.3) is 0 Å². The lowest BCUT2D eigenvalue weighted by molar-refractivity contribution is -0.0586. The number of hydrogen-bond acceptors (Lipinski definition) is 4. The van der Waals surface area contributed by atoms with Gasteiger partial charge in [0.25, 0.3) is 5.91 Å². The molecule has 4 rings (SSSR count). The molecule has 2 aliphatic heterocycles. The lowest BCUT2D eigenvalue weighted by Crippen LogP contribution is -2.48. The minimum Gasteiger partial charge on any atom is -0.372 e. The summed E-state index contributed by atoms with van der Waals surface area (Å²) in [4.78, 5) is 17.6. The summed E-state index contributed by atoms with van der Waals surface area (Å²) < 4.78 is 5.78. The second-order valence-electron chi connectivity index (χ2n) is 8.70. The predicted molar refractivity (Wildman–Crippen MR) is 113 cm³/mol. The quantitative estimate of drug-likeness (QED) is 0.861. The van der Waals surface area contributed by atoms with Gasteiger partial charge in [0, 0.05) is 25.6 Å². The van der Waals surface area contributed by atoms with Crippen molar-refractivity contribution in [2.75, 3.05) is 26.2 Å². The zero-order chi connectivity index (χ0) is 20.4. The fraction of sp³-hybridized carbons (Fsp3) is 0.565. The number of aromatic nitrogens is 2. The fourth-order valence-electron chi connectivity index (χ4n) is 4.74. The highest BCUT2D eigenvalue weighted by Gasteiger charge is 2.31. The highest BCUT2D eigenvalue weighted by atomic mass is 16.5. The van der Waals surface area contributed by atoms with E-state index < -0.39 is 0 Å². The van der Waals surface area contributed by atoms with Crippen LogP contribution in [-0.2, 0) is 11.3 Å². The largest absolute Gasteiger partial charge is 0.372 e. The molecule has 0 radical (unpaired) electrons. The van der Waals surface area contributed by atoms with Gasteiger partial charge >= 0.3 is 0 Å². The number of carbonyl (C=O) groups is 1. The maximum atomic E-state index is 13.2. The van der Waals surface area contributed by atoms with E-state index >= 15 is 0 Å². The van der Waals surface area contributed by atoms with Crippen LogP contribution < -0.4 is 0 Å². The molecule has 0 aliphatic carbocycles. The highest BCUT2D eigenvalue weighted by Crippen LogP contribution is 2.30. The van der Waals surface area contributed by atoms with Crippen LogP contribution >= 0.6 is 0 Å². The Morgan fingerprint density at radius 3 is 2.62 bits per heavy atom. The van der Waals surface area contributed by atoms with Crippen LogP contribution in [-0.4, -0.2) is 64.3 Å². The molecule has 1 aromatic carbocycles. The number of benzene rings is 1. The third-order valence-corrected chi connectivity index (χ3v) is 6.09. The standard InChI is InChI=1S/C23H32N4O2/c1-16-5-4-6-19(11-16)15-26-9-7-20(8-10-26)22-21(12-24-25-22)23(28)27-13-17(2)29-18(3)14-27/h4-6,11-12,17-18,20H,7-10,13-15H2,1-3H3,(H,24,25).